The van der Waals surface area contributed by atoms with Crippen LogP contribution in [0.2, 0.25) is 0 Å². The Kier molecular flexibility index (Phi) is 3.77. The number of hydrogen-bond acceptors (Lipinski definition) is 2. The molecule has 0 saturated heterocycles. The van der Waals surface area contributed by atoms with Gasteiger partial charge >= 0.3 is 6.03 Å². The standard InChI is InChI=1S/C16H14F2N2O2/c17-10-5-6-13(12(18)8-10)19-16(22)20-15-11-4-2-1-3-9(11)7-14(15)21/h1-6,8,14-15,21H,7H2,(H2,19,20,22). The molecule has 0 aliphatic heterocycles. The van der Waals surface area contributed by atoms with Crippen molar-refractivity contribution in [3.63, 3.8) is 0 Å². The van der Waals surface area contributed by atoms with Gasteiger partial charge in [0, 0.05) is 12.5 Å². The zero-order chi connectivity index (χ0) is 15.7. The molecule has 3 N–H and O–H groups in total. The highest BCUT2D eigenvalue weighted by Crippen LogP contribution is 2.31. The predicted molar refractivity (Wildman–Crippen MR) is 77.4 cm³/mol. The first-order valence-electron chi connectivity index (χ1n) is 6.83. The zero-order valence-electron chi connectivity index (χ0n) is 11.5. The van der Waals surface area contributed by atoms with Crippen LogP contribution in [0.1, 0.15) is 17.2 Å². The number of hydrogen-bond donors (Lipinski definition) is 3. The maximum absolute atomic E-state index is 13.5. The topological polar surface area (TPSA) is 61.4 Å². The number of carbonyl (C=O) groups excluding carboxylic acids is 1. The van der Waals surface area contributed by atoms with Crippen molar-refractivity contribution in [2.45, 2.75) is 18.6 Å². The third-order valence-electron chi connectivity index (χ3n) is 3.67. The van der Waals surface area contributed by atoms with Gasteiger partial charge in [0.25, 0.3) is 0 Å². The van der Waals surface area contributed by atoms with E-state index in [0.29, 0.717) is 12.5 Å². The number of fused-ring (bicyclic) bond motifs is 1. The van der Waals surface area contributed by atoms with Crippen LogP contribution in [0.25, 0.3) is 0 Å². The van der Waals surface area contributed by atoms with E-state index in [-0.39, 0.29) is 5.69 Å². The molecule has 0 heterocycles. The average Bonchev–Trinajstić information content (AvgIpc) is 2.78. The number of halogens is 2. The van der Waals surface area contributed by atoms with E-state index in [2.05, 4.69) is 10.6 Å². The molecule has 0 bridgehead atoms. The number of carbonyl (C=O) groups is 1. The largest absolute Gasteiger partial charge is 0.390 e. The number of nitrogens with one attached hydrogen (secondary N) is 2. The van der Waals surface area contributed by atoms with Gasteiger partial charge in [-0.05, 0) is 23.3 Å². The van der Waals surface area contributed by atoms with Crippen molar-refractivity contribution in [1.29, 1.82) is 0 Å². The average molecular weight is 304 g/mol. The van der Waals surface area contributed by atoms with E-state index < -0.39 is 29.8 Å². The van der Waals surface area contributed by atoms with Crippen LogP contribution in [0, 0.1) is 11.6 Å². The quantitative estimate of drug-likeness (QED) is 0.799. The van der Waals surface area contributed by atoms with Crippen LogP contribution >= 0.6 is 0 Å². The van der Waals surface area contributed by atoms with Crippen LogP contribution in [-0.4, -0.2) is 17.2 Å². The van der Waals surface area contributed by atoms with E-state index in [1.807, 2.05) is 24.3 Å². The lowest BCUT2D eigenvalue weighted by molar-refractivity contribution is 0.144. The predicted octanol–water partition coefficient (Wildman–Crippen LogP) is 2.74. The van der Waals surface area contributed by atoms with Gasteiger partial charge in [-0.2, -0.15) is 0 Å². The normalized spacial score (nSPS) is 19.6. The smallest absolute Gasteiger partial charge is 0.319 e. The number of amides is 2. The molecule has 22 heavy (non-hydrogen) atoms. The van der Waals surface area contributed by atoms with Crippen molar-refractivity contribution in [1.82, 2.24) is 5.32 Å². The monoisotopic (exact) mass is 304 g/mol. The van der Waals surface area contributed by atoms with Crippen molar-refractivity contribution in [3.05, 3.63) is 65.2 Å². The molecule has 3 rings (SSSR count). The summed E-state index contributed by atoms with van der Waals surface area (Å²) >= 11 is 0. The molecule has 0 aromatic heterocycles. The van der Waals surface area contributed by atoms with Gasteiger partial charge in [0.1, 0.15) is 11.6 Å². The molecule has 2 atom stereocenters. The Morgan fingerprint density at radius 1 is 1.18 bits per heavy atom. The lowest BCUT2D eigenvalue weighted by Gasteiger charge is -2.18. The fourth-order valence-corrected chi connectivity index (χ4v) is 2.64. The third-order valence-corrected chi connectivity index (χ3v) is 3.67. The summed E-state index contributed by atoms with van der Waals surface area (Å²) in [4.78, 5) is 12.0. The summed E-state index contributed by atoms with van der Waals surface area (Å²) in [5.41, 5.74) is 1.68. The van der Waals surface area contributed by atoms with Gasteiger partial charge in [0.05, 0.1) is 17.8 Å². The molecule has 2 amide bonds. The van der Waals surface area contributed by atoms with Gasteiger partial charge in [-0.15, -0.1) is 0 Å². The van der Waals surface area contributed by atoms with E-state index in [9.17, 15) is 18.7 Å². The second-order valence-electron chi connectivity index (χ2n) is 5.17. The van der Waals surface area contributed by atoms with Crippen molar-refractivity contribution in [2.75, 3.05) is 5.32 Å². The van der Waals surface area contributed by atoms with Gasteiger partial charge < -0.3 is 15.7 Å². The maximum atomic E-state index is 13.5. The molecule has 114 valence electrons. The van der Waals surface area contributed by atoms with Crippen molar-refractivity contribution in [2.24, 2.45) is 0 Å². The highest BCUT2D eigenvalue weighted by atomic mass is 19.1. The first-order chi connectivity index (χ1) is 10.5. The zero-order valence-corrected chi connectivity index (χ0v) is 11.5. The molecule has 6 heteroatoms. The number of rotatable bonds is 2. The first kappa shape index (κ1) is 14.5. The Hall–Kier alpha value is -2.47. The van der Waals surface area contributed by atoms with Crippen LogP contribution in [-0.2, 0) is 6.42 Å². The maximum Gasteiger partial charge on any atom is 0.319 e. The Labute approximate surface area is 125 Å². The molecule has 0 spiro atoms. The van der Waals surface area contributed by atoms with E-state index >= 15 is 0 Å². The van der Waals surface area contributed by atoms with Crippen LogP contribution < -0.4 is 10.6 Å². The van der Waals surface area contributed by atoms with Crippen molar-refractivity contribution < 1.29 is 18.7 Å². The van der Waals surface area contributed by atoms with Gasteiger partial charge in [-0.3, -0.25) is 0 Å². The van der Waals surface area contributed by atoms with Gasteiger partial charge in [0.15, 0.2) is 0 Å². The summed E-state index contributed by atoms with van der Waals surface area (Å²) in [6, 6.07) is 9.07. The molecule has 0 saturated carbocycles. The fourth-order valence-electron chi connectivity index (χ4n) is 2.64. The molecule has 1 aliphatic carbocycles. The van der Waals surface area contributed by atoms with E-state index in [1.54, 1.807) is 0 Å². The Bertz CT molecular complexity index is 721. The third kappa shape index (κ3) is 2.78. The molecule has 2 unspecified atom stereocenters. The summed E-state index contributed by atoms with van der Waals surface area (Å²) < 4.78 is 26.3. The summed E-state index contributed by atoms with van der Waals surface area (Å²) in [6.07, 6.45) is -0.285. The van der Waals surface area contributed by atoms with E-state index in [0.717, 1.165) is 23.3 Å². The molecule has 0 fully saturated rings. The molecule has 4 nitrogen and oxygen atoms in total. The summed E-state index contributed by atoms with van der Waals surface area (Å²) in [5.74, 6) is -1.58. The van der Waals surface area contributed by atoms with Crippen LogP contribution in [0.5, 0.6) is 0 Å². The van der Waals surface area contributed by atoms with Gasteiger partial charge in [-0.25, -0.2) is 13.6 Å². The molecule has 2 aromatic rings. The van der Waals surface area contributed by atoms with Crippen LogP contribution in [0.4, 0.5) is 19.3 Å². The van der Waals surface area contributed by atoms with Gasteiger partial charge in [-0.1, -0.05) is 24.3 Å². The Morgan fingerprint density at radius 2 is 1.95 bits per heavy atom. The van der Waals surface area contributed by atoms with E-state index in [1.165, 1.54) is 0 Å². The first-order valence-corrected chi connectivity index (χ1v) is 6.83. The highest BCUT2D eigenvalue weighted by Gasteiger charge is 2.31. The minimum absolute atomic E-state index is 0.125. The second-order valence-corrected chi connectivity index (χ2v) is 5.17. The fraction of sp³-hybridized carbons (Fsp3) is 0.188. The number of urea groups is 1. The summed E-state index contributed by atoms with van der Waals surface area (Å²) in [5, 5.41) is 15.0. The van der Waals surface area contributed by atoms with E-state index in [4.69, 9.17) is 0 Å². The highest BCUT2D eigenvalue weighted by molar-refractivity contribution is 5.89. The molecule has 0 radical (unpaired) electrons. The number of benzene rings is 2. The number of aliphatic hydroxyl groups is 1. The van der Waals surface area contributed by atoms with Crippen LogP contribution in [0.3, 0.4) is 0 Å². The van der Waals surface area contributed by atoms with Crippen molar-refractivity contribution >= 4 is 11.7 Å². The molecule has 1 aliphatic rings. The second kappa shape index (κ2) is 5.73. The lowest BCUT2D eigenvalue weighted by Crippen LogP contribution is -2.37. The van der Waals surface area contributed by atoms with Crippen molar-refractivity contribution in [3.8, 4) is 0 Å². The van der Waals surface area contributed by atoms with Crippen LogP contribution in [0.15, 0.2) is 42.5 Å². The minimum atomic E-state index is -0.859. The molecular formula is C16H14F2N2O2. The summed E-state index contributed by atoms with van der Waals surface area (Å²) in [7, 11) is 0. The Morgan fingerprint density at radius 3 is 2.73 bits per heavy atom. The summed E-state index contributed by atoms with van der Waals surface area (Å²) in [6.45, 7) is 0. The lowest BCUT2D eigenvalue weighted by atomic mass is 10.1. The minimum Gasteiger partial charge on any atom is -0.390 e. The molecule has 2 aromatic carbocycles. The Balaban J connectivity index is 1.72. The molecular weight excluding hydrogens is 290 g/mol. The van der Waals surface area contributed by atoms with Gasteiger partial charge in [0.2, 0.25) is 0 Å². The SMILES string of the molecule is O=C(Nc1ccc(F)cc1F)NC1c2ccccc2CC1O. The number of anilines is 1. The number of aliphatic hydroxyl groups excluding tert-OH is 1.